The molecule has 3 aromatic carbocycles. The molecule has 0 atom stereocenters. The highest BCUT2D eigenvalue weighted by molar-refractivity contribution is 7.98. The molecule has 0 saturated carbocycles. The minimum Gasteiger partial charge on any atom is -0.490 e. The predicted molar refractivity (Wildman–Crippen MR) is 151 cm³/mol. The molecule has 0 aliphatic carbocycles. The first-order valence-electron chi connectivity index (χ1n) is 12.1. The van der Waals surface area contributed by atoms with Gasteiger partial charge in [-0.1, -0.05) is 72.2 Å². The Hall–Kier alpha value is -3.00. The Kier molecular flexibility index (Phi) is 9.88. The Balaban J connectivity index is 1.52. The molecule has 0 aliphatic rings. The van der Waals surface area contributed by atoms with Gasteiger partial charge in [0.15, 0.2) is 17.3 Å². The van der Waals surface area contributed by atoms with Crippen molar-refractivity contribution in [3.05, 3.63) is 99.3 Å². The zero-order chi connectivity index (χ0) is 26.0. The molecule has 9 heteroatoms. The normalized spacial score (nSPS) is 11.2. The number of hydrogen-bond acceptors (Lipinski definition) is 6. The molecule has 1 heterocycles. The Labute approximate surface area is 231 Å². The lowest BCUT2D eigenvalue weighted by atomic mass is 10.2. The van der Waals surface area contributed by atoms with Crippen LogP contribution in [0.1, 0.15) is 42.8 Å². The first-order valence-corrected chi connectivity index (χ1v) is 13.8. The fourth-order valence-corrected chi connectivity index (χ4v) is 4.68. The molecule has 37 heavy (non-hydrogen) atoms. The fourth-order valence-electron chi connectivity index (χ4n) is 3.50. The average molecular weight is 556 g/mol. The van der Waals surface area contributed by atoms with Crippen molar-refractivity contribution in [2.45, 2.75) is 44.2 Å². The van der Waals surface area contributed by atoms with E-state index in [-0.39, 0.29) is 0 Å². The number of aryl methyl sites for hydroxylation is 1. The SMILES string of the molecule is CCCc1nnc(SCc2ccc(Cl)cc2)n1/N=C/c1ccc(OCc2ccccc2Cl)c(OCC)c1. The van der Waals surface area contributed by atoms with Crippen molar-refractivity contribution < 1.29 is 9.47 Å². The van der Waals surface area contributed by atoms with Crippen LogP contribution in [0.2, 0.25) is 10.0 Å². The summed E-state index contributed by atoms with van der Waals surface area (Å²) in [6.07, 6.45) is 3.52. The zero-order valence-corrected chi connectivity index (χ0v) is 23.1. The van der Waals surface area contributed by atoms with Crippen molar-refractivity contribution in [2.75, 3.05) is 6.61 Å². The molecule has 1 aromatic heterocycles. The summed E-state index contributed by atoms with van der Waals surface area (Å²) in [5, 5.41) is 15.6. The van der Waals surface area contributed by atoms with Crippen LogP contribution in [0.15, 0.2) is 77.0 Å². The van der Waals surface area contributed by atoms with Gasteiger partial charge in [0.25, 0.3) is 0 Å². The number of nitrogens with zero attached hydrogens (tertiary/aromatic N) is 4. The molecular weight excluding hydrogens is 527 g/mol. The van der Waals surface area contributed by atoms with E-state index in [1.54, 1.807) is 18.0 Å². The van der Waals surface area contributed by atoms with Crippen LogP contribution in [0.5, 0.6) is 11.5 Å². The molecule has 0 radical (unpaired) electrons. The molecule has 0 N–H and O–H groups in total. The van der Waals surface area contributed by atoms with E-state index in [9.17, 15) is 0 Å². The Morgan fingerprint density at radius 3 is 2.51 bits per heavy atom. The lowest BCUT2D eigenvalue weighted by Gasteiger charge is -2.13. The van der Waals surface area contributed by atoms with E-state index in [1.807, 2.05) is 78.3 Å². The quantitative estimate of drug-likeness (QED) is 0.133. The average Bonchev–Trinajstić information content (AvgIpc) is 3.29. The molecule has 0 bridgehead atoms. The van der Waals surface area contributed by atoms with Crippen LogP contribution in [-0.4, -0.2) is 27.7 Å². The predicted octanol–water partition coefficient (Wildman–Crippen LogP) is 7.69. The van der Waals surface area contributed by atoms with Crippen LogP contribution in [0.25, 0.3) is 0 Å². The maximum atomic E-state index is 6.27. The smallest absolute Gasteiger partial charge is 0.212 e. The summed E-state index contributed by atoms with van der Waals surface area (Å²) in [4.78, 5) is 0. The molecule has 0 aliphatic heterocycles. The minimum atomic E-state index is 0.350. The minimum absolute atomic E-state index is 0.350. The van der Waals surface area contributed by atoms with E-state index in [4.69, 9.17) is 37.8 Å². The van der Waals surface area contributed by atoms with Crippen molar-refractivity contribution >= 4 is 41.2 Å². The van der Waals surface area contributed by atoms with Crippen molar-refractivity contribution in [1.29, 1.82) is 0 Å². The number of aromatic nitrogens is 3. The summed E-state index contributed by atoms with van der Waals surface area (Å²) in [5.41, 5.74) is 2.94. The third-order valence-electron chi connectivity index (χ3n) is 5.36. The van der Waals surface area contributed by atoms with E-state index in [1.165, 1.54) is 0 Å². The van der Waals surface area contributed by atoms with Gasteiger partial charge in [0.1, 0.15) is 6.61 Å². The second-order valence-electron chi connectivity index (χ2n) is 8.14. The van der Waals surface area contributed by atoms with Gasteiger partial charge in [0, 0.05) is 27.8 Å². The van der Waals surface area contributed by atoms with E-state index in [2.05, 4.69) is 17.1 Å². The summed E-state index contributed by atoms with van der Waals surface area (Å²) in [6.45, 7) is 4.92. The van der Waals surface area contributed by atoms with Crippen LogP contribution >= 0.6 is 35.0 Å². The molecule has 0 unspecified atom stereocenters. The topological polar surface area (TPSA) is 61.5 Å². The number of halogens is 2. The first kappa shape index (κ1) is 27.0. The third-order valence-corrected chi connectivity index (χ3v) is 6.97. The number of hydrogen-bond donors (Lipinski definition) is 0. The lowest BCUT2D eigenvalue weighted by molar-refractivity contribution is 0.269. The molecular formula is C28H28Cl2N4O2S. The fraction of sp³-hybridized carbons (Fsp3) is 0.250. The van der Waals surface area contributed by atoms with Crippen molar-refractivity contribution in [3.63, 3.8) is 0 Å². The standard InChI is InChI=1S/C28H28Cl2N4O2S/c1-3-7-27-32-33-28(37-19-20-10-13-23(29)14-11-20)34(27)31-17-21-12-15-25(26(16-21)35-4-2)36-18-22-8-5-6-9-24(22)30/h5-6,8-17H,3-4,7,18-19H2,1-2H3/b31-17+. The first-order chi connectivity index (χ1) is 18.1. The molecule has 0 saturated heterocycles. The highest BCUT2D eigenvalue weighted by Gasteiger charge is 2.13. The summed E-state index contributed by atoms with van der Waals surface area (Å²) in [5.74, 6) is 2.85. The van der Waals surface area contributed by atoms with E-state index in [0.717, 1.165) is 51.3 Å². The number of thioether (sulfide) groups is 1. The van der Waals surface area contributed by atoms with Gasteiger partial charge in [0.2, 0.25) is 5.16 Å². The van der Waals surface area contributed by atoms with Gasteiger partial charge in [-0.15, -0.1) is 10.2 Å². The molecule has 192 valence electrons. The summed E-state index contributed by atoms with van der Waals surface area (Å²) < 4.78 is 13.7. The second kappa shape index (κ2) is 13.5. The maximum Gasteiger partial charge on any atom is 0.212 e. The van der Waals surface area contributed by atoms with Gasteiger partial charge in [-0.3, -0.25) is 0 Å². The second-order valence-corrected chi connectivity index (χ2v) is 9.93. The number of rotatable bonds is 12. The monoisotopic (exact) mass is 554 g/mol. The van der Waals surface area contributed by atoms with Crippen LogP contribution in [0.4, 0.5) is 0 Å². The van der Waals surface area contributed by atoms with Crippen LogP contribution in [0, 0.1) is 0 Å². The lowest BCUT2D eigenvalue weighted by Crippen LogP contribution is -2.02. The largest absolute Gasteiger partial charge is 0.490 e. The Morgan fingerprint density at radius 1 is 0.946 bits per heavy atom. The molecule has 0 spiro atoms. The third kappa shape index (κ3) is 7.51. The summed E-state index contributed by atoms with van der Waals surface area (Å²) in [7, 11) is 0. The van der Waals surface area contributed by atoms with Crippen molar-refractivity contribution in [2.24, 2.45) is 5.10 Å². The number of ether oxygens (including phenoxy) is 2. The summed E-state index contributed by atoms with van der Waals surface area (Å²) >= 11 is 13.9. The molecule has 4 aromatic rings. The summed E-state index contributed by atoms with van der Waals surface area (Å²) in [6, 6.07) is 21.2. The van der Waals surface area contributed by atoms with Gasteiger partial charge in [0.05, 0.1) is 12.8 Å². The molecule has 0 amide bonds. The van der Waals surface area contributed by atoms with Gasteiger partial charge < -0.3 is 9.47 Å². The highest BCUT2D eigenvalue weighted by Crippen LogP contribution is 2.30. The number of benzene rings is 3. The molecule has 4 rings (SSSR count). The van der Waals surface area contributed by atoms with Crippen LogP contribution in [-0.2, 0) is 18.8 Å². The van der Waals surface area contributed by atoms with Crippen LogP contribution in [0.3, 0.4) is 0 Å². The van der Waals surface area contributed by atoms with E-state index < -0.39 is 0 Å². The van der Waals surface area contributed by atoms with Crippen LogP contribution < -0.4 is 9.47 Å². The zero-order valence-electron chi connectivity index (χ0n) is 20.7. The van der Waals surface area contributed by atoms with Gasteiger partial charge in [-0.05, 0) is 60.9 Å². The molecule has 0 fully saturated rings. The Bertz CT molecular complexity index is 1340. The van der Waals surface area contributed by atoms with Gasteiger partial charge in [-0.25, -0.2) is 0 Å². The van der Waals surface area contributed by atoms with Gasteiger partial charge >= 0.3 is 0 Å². The maximum absolute atomic E-state index is 6.27. The highest BCUT2D eigenvalue weighted by atomic mass is 35.5. The van der Waals surface area contributed by atoms with E-state index >= 15 is 0 Å². The Morgan fingerprint density at radius 2 is 1.76 bits per heavy atom. The molecule has 6 nitrogen and oxygen atoms in total. The van der Waals surface area contributed by atoms with Crippen molar-refractivity contribution in [3.8, 4) is 11.5 Å². The van der Waals surface area contributed by atoms with Gasteiger partial charge in [-0.2, -0.15) is 9.78 Å². The van der Waals surface area contributed by atoms with E-state index in [0.29, 0.717) is 29.7 Å². The van der Waals surface area contributed by atoms with Crippen molar-refractivity contribution in [1.82, 2.24) is 14.9 Å².